The van der Waals surface area contributed by atoms with Gasteiger partial charge < -0.3 is 5.11 Å². The number of carbonyl (C=O) groups is 1. The highest BCUT2D eigenvalue weighted by Gasteiger charge is 2.17. The van der Waals surface area contributed by atoms with Crippen LogP contribution in [0.4, 0.5) is 0 Å². The van der Waals surface area contributed by atoms with Crippen molar-refractivity contribution in [1.29, 1.82) is 0 Å². The zero-order valence-corrected chi connectivity index (χ0v) is 11.4. The molecule has 4 nitrogen and oxygen atoms in total. The van der Waals surface area contributed by atoms with Crippen LogP contribution in [0, 0.1) is 6.92 Å². The van der Waals surface area contributed by atoms with Gasteiger partial charge in [0.25, 0.3) is 0 Å². The first kappa shape index (κ1) is 11.4. The second kappa shape index (κ2) is 3.93. The molecule has 0 bridgehead atoms. The fourth-order valence-corrected chi connectivity index (χ4v) is 3.97. The SMILES string of the molecule is Cc1nn(C)c2sc(-c3ccsc3C(=O)O)cc12. The molecule has 92 valence electrons. The third kappa shape index (κ3) is 1.57. The van der Waals surface area contributed by atoms with Crippen LogP contribution in [0.5, 0.6) is 0 Å². The van der Waals surface area contributed by atoms with Gasteiger partial charge in [0.1, 0.15) is 9.71 Å². The Kier molecular flexibility index (Phi) is 2.49. The molecule has 0 spiro atoms. The average Bonchev–Trinajstić information content (AvgIpc) is 2.98. The minimum atomic E-state index is -0.868. The van der Waals surface area contributed by atoms with Crippen molar-refractivity contribution >= 4 is 38.9 Å². The summed E-state index contributed by atoms with van der Waals surface area (Å²) in [5.41, 5.74) is 1.77. The predicted octanol–water partition coefficient (Wildman–Crippen LogP) is 3.37. The van der Waals surface area contributed by atoms with Gasteiger partial charge in [0.15, 0.2) is 0 Å². The molecule has 0 atom stereocenters. The molecular weight excluding hydrogens is 268 g/mol. The number of nitrogens with zero attached hydrogens (tertiary/aromatic N) is 2. The summed E-state index contributed by atoms with van der Waals surface area (Å²) in [5, 5.41) is 16.4. The zero-order chi connectivity index (χ0) is 12.9. The van der Waals surface area contributed by atoms with Gasteiger partial charge in [-0.2, -0.15) is 5.10 Å². The van der Waals surface area contributed by atoms with Crippen LogP contribution in [0.15, 0.2) is 17.5 Å². The molecular formula is C12H10N2O2S2. The molecule has 0 saturated carbocycles. The largest absolute Gasteiger partial charge is 0.477 e. The molecule has 3 rings (SSSR count). The molecule has 1 N–H and O–H groups in total. The summed E-state index contributed by atoms with van der Waals surface area (Å²) in [6.07, 6.45) is 0. The van der Waals surface area contributed by atoms with Gasteiger partial charge in [-0.15, -0.1) is 22.7 Å². The van der Waals surface area contributed by atoms with E-state index in [2.05, 4.69) is 5.10 Å². The molecule has 0 amide bonds. The molecule has 0 aliphatic carbocycles. The van der Waals surface area contributed by atoms with Crippen LogP contribution < -0.4 is 0 Å². The van der Waals surface area contributed by atoms with Gasteiger partial charge in [-0.3, -0.25) is 4.68 Å². The van der Waals surface area contributed by atoms with Gasteiger partial charge in [0.2, 0.25) is 0 Å². The molecule has 0 unspecified atom stereocenters. The van der Waals surface area contributed by atoms with Gasteiger partial charge in [-0.1, -0.05) is 0 Å². The number of aromatic nitrogens is 2. The molecule has 3 heterocycles. The van der Waals surface area contributed by atoms with Gasteiger partial charge in [-0.05, 0) is 24.4 Å². The van der Waals surface area contributed by atoms with Crippen molar-refractivity contribution in [1.82, 2.24) is 9.78 Å². The van der Waals surface area contributed by atoms with E-state index in [0.717, 1.165) is 26.4 Å². The number of aryl methyl sites for hydroxylation is 2. The second-order valence-corrected chi connectivity index (χ2v) is 5.95. The maximum absolute atomic E-state index is 11.1. The van der Waals surface area contributed by atoms with Crippen molar-refractivity contribution in [2.24, 2.45) is 7.05 Å². The number of aromatic carboxylic acids is 1. The maximum atomic E-state index is 11.1. The lowest BCUT2D eigenvalue weighted by Gasteiger charge is -1.95. The van der Waals surface area contributed by atoms with Gasteiger partial charge in [0, 0.05) is 22.9 Å². The summed E-state index contributed by atoms with van der Waals surface area (Å²) in [4.78, 5) is 13.6. The molecule has 0 aliphatic rings. The first-order valence-corrected chi connectivity index (χ1v) is 7.02. The Labute approximate surface area is 111 Å². The summed E-state index contributed by atoms with van der Waals surface area (Å²) in [6.45, 7) is 1.96. The number of carboxylic acid groups (broad SMARTS) is 1. The van der Waals surface area contributed by atoms with E-state index in [0.29, 0.717) is 4.88 Å². The van der Waals surface area contributed by atoms with Crippen molar-refractivity contribution in [2.45, 2.75) is 6.92 Å². The smallest absolute Gasteiger partial charge is 0.346 e. The number of carboxylic acids is 1. The molecule has 0 fully saturated rings. The third-order valence-corrected chi connectivity index (χ3v) is 4.96. The first-order valence-electron chi connectivity index (χ1n) is 5.32. The lowest BCUT2D eigenvalue weighted by Crippen LogP contribution is -1.93. The van der Waals surface area contributed by atoms with E-state index < -0.39 is 5.97 Å². The second-order valence-electron chi connectivity index (χ2n) is 4.01. The standard InChI is InChI=1S/C12H10N2O2S2/c1-6-8-5-9(18-11(8)14(2)13-6)7-3-4-17-10(7)12(15)16/h3-5H,1-2H3,(H,15,16). The topological polar surface area (TPSA) is 55.1 Å². The normalized spacial score (nSPS) is 11.2. The first-order chi connectivity index (χ1) is 8.58. The van der Waals surface area contributed by atoms with E-state index in [1.165, 1.54) is 11.3 Å². The minimum Gasteiger partial charge on any atom is -0.477 e. The molecule has 3 aromatic heterocycles. The monoisotopic (exact) mass is 278 g/mol. The number of fused-ring (bicyclic) bond motifs is 1. The number of rotatable bonds is 2. The van der Waals surface area contributed by atoms with E-state index in [-0.39, 0.29) is 0 Å². The number of hydrogen-bond acceptors (Lipinski definition) is 4. The summed E-state index contributed by atoms with van der Waals surface area (Å²) in [7, 11) is 1.90. The number of thiophene rings is 2. The average molecular weight is 278 g/mol. The summed E-state index contributed by atoms with van der Waals surface area (Å²) < 4.78 is 1.84. The highest BCUT2D eigenvalue weighted by molar-refractivity contribution is 7.22. The Bertz CT molecular complexity index is 717. The van der Waals surface area contributed by atoms with Crippen LogP contribution in [-0.2, 0) is 7.05 Å². The Morgan fingerprint density at radius 3 is 2.94 bits per heavy atom. The van der Waals surface area contributed by atoms with Crippen molar-refractivity contribution in [3.05, 3.63) is 28.1 Å². The highest BCUT2D eigenvalue weighted by Crippen LogP contribution is 2.38. The zero-order valence-electron chi connectivity index (χ0n) is 9.80. The van der Waals surface area contributed by atoms with Crippen molar-refractivity contribution in [3.63, 3.8) is 0 Å². The van der Waals surface area contributed by atoms with Crippen LogP contribution in [-0.4, -0.2) is 20.9 Å². The molecule has 0 radical (unpaired) electrons. The molecule has 6 heteroatoms. The fraction of sp³-hybridized carbons (Fsp3) is 0.167. The van der Waals surface area contributed by atoms with E-state index in [1.807, 2.05) is 36.2 Å². The Morgan fingerprint density at radius 2 is 2.28 bits per heavy atom. The van der Waals surface area contributed by atoms with Crippen molar-refractivity contribution in [2.75, 3.05) is 0 Å². The van der Waals surface area contributed by atoms with Crippen molar-refractivity contribution in [3.8, 4) is 10.4 Å². The van der Waals surface area contributed by atoms with Crippen LogP contribution in [0.2, 0.25) is 0 Å². The molecule has 0 aromatic carbocycles. The molecule has 0 saturated heterocycles. The molecule has 3 aromatic rings. The van der Waals surface area contributed by atoms with Crippen LogP contribution in [0.1, 0.15) is 15.4 Å². The summed E-state index contributed by atoms with van der Waals surface area (Å²) in [5.74, 6) is -0.868. The Morgan fingerprint density at radius 1 is 1.50 bits per heavy atom. The van der Waals surface area contributed by atoms with E-state index in [9.17, 15) is 4.79 Å². The van der Waals surface area contributed by atoms with Gasteiger partial charge >= 0.3 is 5.97 Å². The fourth-order valence-electron chi connectivity index (χ4n) is 2.01. The van der Waals surface area contributed by atoms with Crippen LogP contribution in [0.25, 0.3) is 20.7 Å². The minimum absolute atomic E-state index is 0.396. The quantitative estimate of drug-likeness (QED) is 0.782. The molecule has 18 heavy (non-hydrogen) atoms. The highest BCUT2D eigenvalue weighted by atomic mass is 32.1. The lowest BCUT2D eigenvalue weighted by molar-refractivity contribution is 0.0703. The Hall–Kier alpha value is -1.66. The number of hydrogen-bond donors (Lipinski definition) is 1. The van der Waals surface area contributed by atoms with E-state index in [1.54, 1.807) is 11.3 Å². The van der Waals surface area contributed by atoms with Crippen LogP contribution in [0.3, 0.4) is 0 Å². The van der Waals surface area contributed by atoms with Gasteiger partial charge in [-0.25, -0.2) is 4.79 Å². The van der Waals surface area contributed by atoms with Gasteiger partial charge in [0.05, 0.1) is 5.69 Å². The Balaban J connectivity index is 2.23. The lowest BCUT2D eigenvalue weighted by atomic mass is 10.2. The van der Waals surface area contributed by atoms with Crippen molar-refractivity contribution < 1.29 is 9.90 Å². The summed E-state index contributed by atoms with van der Waals surface area (Å²) >= 11 is 2.84. The van der Waals surface area contributed by atoms with E-state index in [4.69, 9.17) is 5.11 Å². The third-order valence-electron chi connectivity index (χ3n) is 2.82. The summed E-state index contributed by atoms with van der Waals surface area (Å²) in [6, 6.07) is 3.89. The van der Waals surface area contributed by atoms with E-state index >= 15 is 0 Å². The van der Waals surface area contributed by atoms with Crippen LogP contribution >= 0.6 is 22.7 Å². The molecule has 0 aliphatic heterocycles. The maximum Gasteiger partial charge on any atom is 0.346 e. The predicted molar refractivity (Wildman–Crippen MR) is 73.6 cm³/mol.